The van der Waals surface area contributed by atoms with Gasteiger partial charge in [-0.05, 0) is 27.3 Å². The summed E-state index contributed by atoms with van der Waals surface area (Å²) in [5, 5.41) is 2.81. The molecule has 0 saturated heterocycles. The minimum Gasteiger partial charge on any atom is -0.356 e. The maximum atomic E-state index is 11.5. The van der Waals surface area contributed by atoms with E-state index in [0.29, 0.717) is 25.6 Å². The van der Waals surface area contributed by atoms with E-state index < -0.39 is 0 Å². The summed E-state index contributed by atoms with van der Waals surface area (Å²) in [6, 6.07) is 0.583. The van der Waals surface area contributed by atoms with Crippen LogP contribution in [0.25, 0.3) is 0 Å². The van der Waals surface area contributed by atoms with Crippen LogP contribution in [-0.2, 0) is 4.79 Å². The molecule has 0 spiro atoms. The Bertz CT molecular complexity index is 183. The summed E-state index contributed by atoms with van der Waals surface area (Å²) in [4.78, 5) is 13.7. The lowest BCUT2D eigenvalue weighted by Gasteiger charge is -2.32. The number of hydrogen-bond acceptors (Lipinski definition) is 3. The third kappa shape index (κ3) is 5.14. The van der Waals surface area contributed by atoms with Crippen LogP contribution in [0.5, 0.6) is 0 Å². The molecule has 3 N–H and O–H groups in total. The Morgan fingerprint density at radius 1 is 1.40 bits per heavy atom. The van der Waals surface area contributed by atoms with E-state index in [1.54, 1.807) is 0 Å². The van der Waals surface area contributed by atoms with Gasteiger partial charge in [0.2, 0.25) is 5.91 Å². The Hall–Kier alpha value is -0.610. The molecular formula is C11H25N3O. The molecule has 0 aromatic heterocycles. The first kappa shape index (κ1) is 14.4. The van der Waals surface area contributed by atoms with E-state index >= 15 is 0 Å². The van der Waals surface area contributed by atoms with E-state index in [-0.39, 0.29) is 11.9 Å². The number of nitrogens with zero attached hydrogens (tertiary/aromatic N) is 1. The number of nitrogens with one attached hydrogen (secondary N) is 1. The first-order chi connectivity index (χ1) is 7.06. The third-order valence-electron chi connectivity index (χ3n) is 2.56. The van der Waals surface area contributed by atoms with Gasteiger partial charge in [-0.2, -0.15) is 0 Å². The van der Waals surface area contributed by atoms with Crippen LogP contribution in [0.3, 0.4) is 0 Å². The highest BCUT2D eigenvalue weighted by atomic mass is 16.1. The predicted octanol–water partition coefficient (Wildman–Crippen LogP) is 0.570. The standard InChI is InChI=1S/C11H25N3O/c1-5-13-11(15)7-10(8-12)14(6-2)9(3)4/h9-10H,5-8,12H2,1-4H3,(H,13,15). The Balaban J connectivity index is 4.26. The van der Waals surface area contributed by atoms with E-state index in [1.807, 2.05) is 6.92 Å². The monoisotopic (exact) mass is 215 g/mol. The molecule has 0 saturated carbocycles. The van der Waals surface area contributed by atoms with E-state index in [1.165, 1.54) is 0 Å². The van der Waals surface area contributed by atoms with E-state index in [9.17, 15) is 4.79 Å². The molecule has 4 heteroatoms. The molecule has 0 aliphatic rings. The van der Waals surface area contributed by atoms with Crippen LogP contribution in [0.4, 0.5) is 0 Å². The van der Waals surface area contributed by atoms with Gasteiger partial charge in [-0.3, -0.25) is 9.69 Å². The van der Waals surface area contributed by atoms with Crippen molar-refractivity contribution in [2.24, 2.45) is 5.73 Å². The van der Waals surface area contributed by atoms with Crippen molar-refractivity contribution in [2.45, 2.75) is 46.2 Å². The van der Waals surface area contributed by atoms with E-state index in [4.69, 9.17) is 5.73 Å². The highest BCUT2D eigenvalue weighted by molar-refractivity contribution is 5.76. The van der Waals surface area contributed by atoms with Crippen molar-refractivity contribution in [3.63, 3.8) is 0 Å². The van der Waals surface area contributed by atoms with Gasteiger partial charge in [0.25, 0.3) is 0 Å². The molecule has 15 heavy (non-hydrogen) atoms. The topological polar surface area (TPSA) is 58.4 Å². The molecule has 0 heterocycles. The number of carbonyl (C=O) groups excluding carboxylic acids is 1. The van der Waals surface area contributed by atoms with Crippen LogP contribution >= 0.6 is 0 Å². The van der Waals surface area contributed by atoms with Crippen LogP contribution in [-0.4, -0.2) is 42.5 Å². The summed E-state index contributed by atoms with van der Waals surface area (Å²) >= 11 is 0. The minimum atomic E-state index is 0.0899. The van der Waals surface area contributed by atoms with Gasteiger partial charge in [0.05, 0.1) is 0 Å². The fourth-order valence-corrected chi connectivity index (χ4v) is 1.86. The maximum absolute atomic E-state index is 11.5. The van der Waals surface area contributed by atoms with Gasteiger partial charge in [0, 0.05) is 31.6 Å². The average molecular weight is 215 g/mol. The molecular weight excluding hydrogens is 190 g/mol. The van der Waals surface area contributed by atoms with Crippen molar-refractivity contribution in [1.82, 2.24) is 10.2 Å². The van der Waals surface area contributed by atoms with Crippen molar-refractivity contribution >= 4 is 5.91 Å². The fraction of sp³-hybridized carbons (Fsp3) is 0.909. The molecule has 90 valence electrons. The van der Waals surface area contributed by atoms with E-state index in [2.05, 4.69) is 31.0 Å². The summed E-state index contributed by atoms with van der Waals surface area (Å²) in [7, 11) is 0. The SMILES string of the molecule is CCNC(=O)CC(CN)N(CC)C(C)C. The molecule has 0 bridgehead atoms. The molecule has 1 amide bonds. The molecule has 4 nitrogen and oxygen atoms in total. The molecule has 0 aromatic rings. The number of carbonyl (C=O) groups is 1. The third-order valence-corrected chi connectivity index (χ3v) is 2.56. The van der Waals surface area contributed by atoms with Crippen molar-refractivity contribution in [3.05, 3.63) is 0 Å². The Morgan fingerprint density at radius 3 is 2.33 bits per heavy atom. The largest absolute Gasteiger partial charge is 0.356 e. The number of rotatable bonds is 7. The lowest BCUT2D eigenvalue weighted by atomic mass is 10.1. The molecule has 1 unspecified atom stereocenters. The number of nitrogens with two attached hydrogens (primary N) is 1. The minimum absolute atomic E-state index is 0.0899. The maximum Gasteiger partial charge on any atom is 0.221 e. The van der Waals surface area contributed by atoms with Crippen LogP contribution < -0.4 is 11.1 Å². The summed E-state index contributed by atoms with van der Waals surface area (Å²) in [6.45, 7) is 10.4. The lowest BCUT2D eigenvalue weighted by molar-refractivity contribution is -0.122. The second-order valence-electron chi connectivity index (χ2n) is 3.97. The van der Waals surface area contributed by atoms with Gasteiger partial charge >= 0.3 is 0 Å². The van der Waals surface area contributed by atoms with Crippen molar-refractivity contribution in [2.75, 3.05) is 19.6 Å². The second-order valence-corrected chi connectivity index (χ2v) is 3.97. The van der Waals surface area contributed by atoms with Gasteiger partial charge < -0.3 is 11.1 Å². The second kappa shape index (κ2) is 7.65. The van der Waals surface area contributed by atoms with Crippen molar-refractivity contribution in [3.8, 4) is 0 Å². The van der Waals surface area contributed by atoms with Gasteiger partial charge in [0.1, 0.15) is 0 Å². The molecule has 0 aromatic carbocycles. The summed E-state index contributed by atoms with van der Waals surface area (Å²) in [5.74, 6) is 0.0899. The summed E-state index contributed by atoms with van der Waals surface area (Å²) in [6.07, 6.45) is 0.496. The smallest absolute Gasteiger partial charge is 0.221 e. The fourth-order valence-electron chi connectivity index (χ4n) is 1.86. The number of amides is 1. The molecule has 0 rings (SSSR count). The van der Waals surface area contributed by atoms with E-state index in [0.717, 1.165) is 6.54 Å². The van der Waals surface area contributed by atoms with Crippen LogP contribution in [0.15, 0.2) is 0 Å². The summed E-state index contributed by atoms with van der Waals surface area (Å²) < 4.78 is 0. The zero-order valence-electron chi connectivity index (χ0n) is 10.4. The Labute approximate surface area is 93.2 Å². The zero-order chi connectivity index (χ0) is 11.8. The lowest BCUT2D eigenvalue weighted by Crippen LogP contribution is -2.47. The quantitative estimate of drug-likeness (QED) is 0.653. The highest BCUT2D eigenvalue weighted by Crippen LogP contribution is 2.07. The summed E-state index contributed by atoms with van der Waals surface area (Å²) in [5.41, 5.74) is 5.71. The molecule has 0 radical (unpaired) electrons. The van der Waals surface area contributed by atoms with Crippen molar-refractivity contribution < 1.29 is 4.79 Å². The Kier molecular flexibility index (Phi) is 7.34. The normalized spacial score (nSPS) is 13.3. The van der Waals surface area contributed by atoms with Crippen LogP contribution in [0.2, 0.25) is 0 Å². The van der Waals surface area contributed by atoms with Gasteiger partial charge in [-0.15, -0.1) is 0 Å². The highest BCUT2D eigenvalue weighted by Gasteiger charge is 2.20. The first-order valence-corrected chi connectivity index (χ1v) is 5.79. The van der Waals surface area contributed by atoms with Crippen LogP contribution in [0.1, 0.15) is 34.1 Å². The molecule has 0 fully saturated rings. The van der Waals surface area contributed by atoms with Crippen molar-refractivity contribution in [1.29, 1.82) is 0 Å². The van der Waals surface area contributed by atoms with Gasteiger partial charge in [-0.25, -0.2) is 0 Å². The predicted molar refractivity (Wildman–Crippen MR) is 63.7 cm³/mol. The molecule has 0 aliphatic carbocycles. The van der Waals surface area contributed by atoms with Crippen LogP contribution in [0, 0.1) is 0 Å². The number of likely N-dealkylation sites (N-methyl/N-ethyl adjacent to an activating group) is 1. The van der Waals surface area contributed by atoms with Gasteiger partial charge in [0.15, 0.2) is 0 Å². The first-order valence-electron chi connectivity index (χ1n) is 5.79. The average Bonchev–Trinajstić information content (AvgIpc) is 2.17. The number of hydrogen-bond donors (Lipinski definition) is 2. The molecule has 0 aliphatic heterocycles. The zero-order valence-corrected chi connectivity index (χ0v) is 10.4. The Morgan fingerprint density at radius 2 is 2.00 bits per heavy atom. The van der Waals surface area contributed by atoms with Gasteiger partial charge in [-0.1, -0.05) is 6.92 Å². The molecule has 1 atom stereocenters.